The lowest BCUT2D eigenvalue weighted by Gasteiger charge is -2.36. The summed E-state index contributed by atoms with van der Waals surface area (Å²) in [4.78, 5) is 4.68. The highest BCUT2D eigenvalue weighted by Crippen LogP contribution is 2.31. The van der Waals surface area contributed by atoms with Gasteiger partial charge in [0, 0.05) is 27.9 Å². The van der Waals surface area contributed by atoms with Crippen molar-refractivity contribution in [2.75, 3.05) is 18.1 Å². The second kappa shape index (κ2) is 9.19. The summed E-state index contributed by atoms with van der Waals surface area (Å²) in [5.41, 5.74) is 12.9. The minimum atomic E-state index is 0.363. The molecular weight excluding hydrogens is 342 g/mol. The maximum absolute atomic E-state index is 6.00. The van der Waals surface area contributed by atoms with Crippen molar-refractivity contribution >= 4 is 23.1 Å². The molecule has 0 radical (unpaired) electrons. The molecular formula is C21H31N3OS. The molecule has 4 nitrogen and oxygen atoms in total. The summed E-state index contributed by atoms with van der Waals surface area (Å²) in [6.07, 6.45) is 0. The van der Waals surface area contributed by atoms with Gasteiger partial charge in [-0.3, -0.25) is 4.90 Å². The van der Waals surface area contributed by atoms with E-state index in [1.165, 1.54) is 0 Å². The van der Waals surface area contributed by atoms with Crippen molar-refractivity contribution < 1.29 is 4.74 Å². The van der Waals surface area contributed by atoms with Gasteiger partial charge in [-0.2, -0.15) is 0 Å². The Morgan fingerprint density at radius 3 is 1.96 bits per heavy atom. The quantitative estimate of drug-likeness (QED) is 0.645. The fraction of sp³-hybridized carbons (Fsp3) is 0.429. The molecule has 0 aliphatic rings. The van der Waals surface area contributed by atoms with Crippen LogP contribution in [0.2, 0.25) is 0 Å². The Morgan fingerprint density at radius 2 is 1.42 bits per heavy atom. The van der Waals surface area contributed by atoms with Crippen LogP contribution in [0.1, 0.15) is 34.6 Å². The first-order valence-electron chi connectivity index (χ1n) is 9.11. The predicted octanol–water partition coefficient (Wildman–Crippen LogP) is 4.89. The Balaban J connectivity index is 1.93. The number of benzene rings is 2. The van der Waals surface area contributed by atoms with Gasteiger partial charge in [0.1, 0.15) is 12.4 Å². The van der Waals surface area contributed by atoms with Crippen LogP contribution in [0.25, 0.3) is 0 Å². The molecule has 5 heteroatoms. The molecule has 4 N–H and O–H groups in total. The summed E-state index contributed by atoms with van der Waals surface area (Å²) >= 11 is 1.66. The van der Waals surface area contributed by atoms with Gasteiger partial charge in [-0.1, -0.05) is 11.8 Å². The van der Waals surface area contributed by atoms with Crippen LogP contribution >= 0.6 is 11.8 Å². The number of anilines is 2. The summed E-state index contributed by atoms with van der Waals surface area (Å²) in [6, 6.07) is 15.3. The molecule has 2 rings (SSSR count). The van der Waals surface area contributed by atoms with Gasteiger partial charge in [-0.05, 0) is 77.1 Å². The van der Waals surface area contributed by atoms with Gasteiger partial charge in [-0.15, -0.1) is 0 Å². The Labute approximate surface area is 161 Å². The highest BCUT2D eigenvalue weighted by Gasteiger charge is 2.20. The van der Waals surface area contributed by atoms with Gasteiger partial charge in [0.2, 0.25) is 0 Å². The minimum Gasteiger partial charge on any atom is -0.492 e. The molecule has 142 valence electrons. The van der Waals surface area contributed by atoms with Crippen molar-refractivity contribution in [1.82, 2.24) is 4.90 Å². The van der Waals surface area contributed by atoms with E-state index in [2.05, 4.69) is 51.7 Å². The SMILES string of the molecule is CC(C)N(C(C)C)C(C)COc1ccc(Sc2ccc(N)c(N)c2)cc1. The summed E-state index contributed by atoms with van der Waals surface area (Å²) in [7, 11) is 0. The van der Waals surface area contributed by atoms with Crippen LogP contribution in [0.4, 0.5) is 11.4 Å². The highest BCUT2D eigenvalue weighted by molar-refractivity contribution is 7.99. The lowest BCUT2D eigenvalue weighted by molar-refractivity contribution is 0.0857. The Kier molecular flexibility index (Phi) is 7.23. The molecule has 2 aromatic carbocycles. The van der Waals surface area contributed by atoms with Crippen molar-refractivity contribution in [3.05, 3.63) is 42.5 Å². The topological polar surface area (TPSA) is 64.5 Å². The van der Waals surface area contributed by atoms with E-state index in [1.54, 1.807) is 11.8 Å². The van der Waals surface area contributed by atoms with E-state index in [4.69, 9.17) is 16.2 Å². The molecule has 0 aliphatic carbocycles. The van der Waals surface area contributed by atoms with E-state index in [0.29, 0.717) is 36.1 Å². The average Bonchev–Trinajstić information content (AvgIpc) is 2.57. The Hall–Kier alpha value is -1.85. The molecule has 1 atom stereocenters. The Bertz CT molecular complexity index is 693. The first-order valence-corrected chi connectivity index (χ1v) is 9.92. The Morgan fingerprint density at radius 1 is 0.846 bits per heavy atom. The minimum absolute atomic E-state index is 0.363. The zero-order valence-corrected chi connectivity index (χ0v) is 17.2. The van der Waals surface area contributed by atoms with Crippen molar-refractivity contribution in [3.8, 4) is 5.75 Å². The molecule has 0 aromatic heterocycles. The number of nitrogen functional groups attached to an aromatic ring is 2. The summed E-state index contributed by atoms with van der Waals surface area (Å²) in [6.45, 7) is 11.8. The van der Waals surface area contributed by atoms with E-state index in [9.17, 15) is 0 Å². The zero-order chi connectivity index (χ0) is 19.3. The molecule has 0 aliphatic heterocycles. The van der Waals surface area contributed by atoms with E-state index >= 15 is 0 Å². The van der Waals surface area contributed by atoms with Gasteiger partial charge < -0.3 is 16.2 Å². The van der Waals surface area contributed by atoms with Crippen LogP contribution in [0, 0.1) is 0 Å². The number of nitrogens with zero attached hydrogens (tertiary/aromatic N) is 1. The molecule has 0 fully saturated rings. The van der Waals surface area contributed by atoms with Gasteiger partial charge in [0.15, 0.2) is 0 Å². The third-order valence-electron chi connectivity index (χ3n) is 4.31. The third kappa shape index (κ3) is 5.58. The molecule has 0 saturated heterocycles. The molecule has 0 spiro atoms. The summed E-state index contributed by atoms with van der Waals surface area (Å²) in [5, 5.41) is 0. The van der Waals surface area contributed by atoms with E-state index in [1.807, 2.05) is 30.3 Å². The predicted molar refractivity (Wildman–Crippen MR) is 113 cm³/mol. The van der Waals surface area contributed by atoms with Crippen LogP contribution in [0.5, 0.6) is 5.75 Å². The lowest BCUT2D eigenvalue weighted by Crippen LogP contribution is -2.46. The first-order chi connectivity index (χ1) is 12.3. The number of nitrogens with two attached hydrogens (primary N) is 2. The monoisotopic (exact) mass is 373 g/mol. The third-order valence-corrected chi connectivity index (χ3v) is 5.31. The molecule has 0 heterocycles. The molecule has 0 bridgehead atoms. The molecule has 0 amide bonds. The van der Waals surface area contributed by atoms with Gasteiger partial charge in [-0.25, -0.2) is 0 Å². The second-order valence-corrected chi connectivity index (χ2v) is 8.31. The first kappa shape index (κ1) is 20.5. The summed E-state index contributed by atoms with van der Waals surface area (Å²) in [5.74, 6) is 0.894. The van der Waals surface area contributed by atoms with Crippen LogP contribution in [0.15, 0.2) is 52.3 Å². The van der Waals surface area contributed by atoms with Crippen LogP contribution in [-0.2, 0) is 0 Å². The maximum atomic E-state index is 6.00. The fourth-order valence-electron chi connectivity index (χ4n) is 3.27. The average molecular weight is 374 g/mol. The van der Waals surface area contributed by atoms with E-state index in [0.717, 1.165) is 15.5 Å². The highest BCUT2D eigenvalue weighted by atomic mass is 32.2. The maximum Gasteiger partial charge on any atom is 0.119 e. The number of hydrogen-bond donors (Lipinski definition) is 2. The lowest BCUT2D eigenvalue weighted by atomic mass is 10.1. The van der Waals surface area contributed by atoms with E-state index in [-0.39, 0.29) is 0 Å². The molecule has 2 aromatic rings. The number of ether oxygens (including phenoxy) is 1. The smallest absolute Gasteiger partial charge is 0.119 e. The second-order valence-electron chi connectivity index (χ2n) is 7.16. The largest absolute Gasteiger partial charge is 0.492 e. The van der Waals surface area contributed by atoms with E-state index < -0.39 is 0 Å². The van der Waals surface area contributed by atoms with Gasteiger partial charge in [0.25, 0.3) is 0 Å². The van der Waals surface area contributed by atoms with Crippen LogP contribution < -0.4 is 16.2 Å². The van der Waals surface area contributed by atoms with Crippen molar-refractivity contribution in [2.45, 2.75) is 62.5 Å². The van der Waals surface area contributed by atoms with Gasteiger partial charge >= 0.3 is 0 Å². The van der Waals surface area contributed by atoms with Gasteiger partial charge in [0.05, 0.1) is 11.4 Å². The molecule has 1 unspecified atom stereocenters. The zero-order valence-electron chi connectivity index (χ0n) is 16.4. The van der Waals surface area contributed by atoms with Crippen LogP contribution in [-0.4, -0.2) is 29.6 Å². The fourth-order valence-corrected chi connectivity index (χ4v) is 4.14. The van der Waals surface area contributed by atoms with Crippen LogP contribution in [0.3, 0.4) is 0 Å². The van der Waals surface area contributed by atoms with Crippen molar-refractivity contribution in [2.24, 2.45) is 0 Å². The standard InChI is InChI=1S/C21H31N3OS/c1-14(2)24(15(3)4)16(5)13-25-17-6-8-18(9-7-17)26-19-10-11-20(22)21(23)12-19/h6-12,14-16H,13,22-23H2,1-5H3. The number of hydrogen-bond acceptors (Lipinski definition) is 5. The normalized spacial score (nSPS) is 12.8. The van der Waals surface area contributed by atoms with Crippen molar-refractivity contribution in [1.29, 1.82) is 0 Å². The number of rotatable bonds is 8. The van der Waals surface area contributed by atoms with Crippen molar-refractivity contribution in [3.63, 3.8) is 0 Å². The summed E-state index contributed by atoms with van der Waals surface area (Å²) < 4.78 is 6.00. The molecule has 0 saturated carbocycles. The molecule has 26 heavy (non-hydrogen) atoms.